The highest BCUT2D eigenvalue weighted by Gasteiger charge is 2.61. The van der Waals surface area contributed by atoms with Crippen molar-refractivity contribution in [3.63, 3.8) is 0 Å². The van der Waals surface area contributed by atoms with Crippen LogP contribution in [-0.2, 0) is 23.7 Å². The lowest BCUT2D eigenvalue weighted by molar-refractivity contribution is -0.240. The quantitative estimate of drug-likeness (QED) is 0.767. The highest BCUT2D eigenvalue weighted by atomic mass is 16.9. The molecule has 7 nitrogen and oxygen atoms in total. The van der Waals surface area contributed by atoms with Crippen molar-refractivity contribution in [3.05, 3.63) is 0 Å². The summed E-state index contributed by atoms with van der Waals surface area (Å²) in [5.74, 6) is -1.40. The molecule has 0 spiro atoms. The molecule has 24 heavy (non-hydrogen) atoms. The summed E-state index contributed by atoms with van der Waals surface area (Å²) in [5.41, 5.74) is 0. The van der Waals surface area contributed by atoms with E-state index in [0.717, 1.165) is 0 Å². The third kappa shape index (κ3) is 3.23. The number of nitrogens with one attached hydrogen (secondary N) is 1. The number of aliphatic hydroxyl groups is 1. The van der Waals surface area contributed by atoms with E-state index in [0.29, 0.717) is 12.5 Å². The average Bonchev–Trinajstić information content (AvgIpc) is 3.13. The number of hydrogen-bond donors (Lipinski definition) is 2. The first-order valence-electron chi connectivity index (χ1n) is 9.02. The van der Waals surface area contributed by atoms with Crippen molar-refractivity contribution >= 4 is 0 Å². The SMILES string of the molecule is CC1(C)O[C@@H]2[C@H](O1)[C@H]1OC(C)(C)O[C@@H]1O[C@@H]2[C@H](CCO)NC1CC1. The summed E-state index contributed by atoms with van der Waals surface area (Å²) in [5, 5.41) is 13.1. The van der Waals surface area contributed by atoms with Crippen LogP contribution in [0.3, 0.4) is 0 Å². The molecule has 1 saturated carbocycles. The van der Waals surface area contributed by atoms with Gasteiger partial charge in [0.25, 0.3) is 0 Å². The fourth-order valence-corrected chi connectivity index (χ4v) is 4.00. The lowest BCUT2D eigenvalue weighted by Crippen LogP contribution is -2.61. The summed E-state index contributed by atoms with van der Waals surface area (Å²) in [7, 11) is 0. The number of fused-ring (bicyclic) bond motifs is 3. The van der Waals surface area contributed by atoms with Crippen molar-refractivity contribution < 1.29 is 28.8 Å². The second-order valence-electron chi connectivity index (χ2n) is 8.19. The van der Waals surface area contributed by atoms with Crippen LogP contribution in [0.15, 0.2) is 0 Å². The van der Waals surface area contributed by atoms with Gasteiger partial charge in [-0.1, -0.05) is 0 Å². The van der Waals surface area contributed by atoms with Crippen molar-refractivity contribution in [3.8, 4) is 0 Å². The van der Waals surface area contributed by atoms with Gasteiger partial charge < -0.3 is 34.1 Å². The summed E-state index contributed by atoms with van der Waals surface area (Å²) in [6.07, 6.45) is 1.42. The van der Waals surface area contributed by atoms with E-state index in [-0.39, 0.29) is 37.1 Å². The van der Waals surface area contributed by atoms with Crippen LogP contribution in [0.1, 0.15) is 47.0 Å². The molecule has 0 amide bonds. The first-order chi connectivity index (χ1) is 11.3. The molecule has 0 aromatic carbocycles. The van der Waals surface area contributed by atoms with Gasteiger partial charge in [-0.3, -0.25) is 0 Å². The Hall–Kier alpha value is -0.280. The van der Waals surface area contributed by atoms with Crippen LogP contribution in [0.25, 0.3) is 0 Å². The van der Waals surface area contributed by atoms with Crippen molar-refractivity contribution in [1.82, 2.24) is 5.32 Å². The number of rotatable bonds is 5. The van der Waals surface area contributed by atoms with E-state index in [1.807, 2.05) is 27.7 Å². The minimum absolute atomic E-state index is 0.000706. The molecule has 3 saturated heterocycles. The van der Waals surface area contributed by atoms with E-state index in [1.54, 1.807) is 0 Å². The highest BCUT2D eigenvalue weighted by Crippen LogP contribution is 2.45. The van der Waals surface area contributed by atoms with E-state index >= 15 is 0 Å². The summed E-state index contributed by atoms with van der Waals surface area (Å²) in [4.78, 5) is 0. The number of ether oxygens (including phenoxy) is 5. The van der Waals surface area contributed by atoms with Gasteiger partial charge in [0.15, 0.2) is 17.9 Å². The molecule has 0 bridgehead atoms. The van der Waals surface area contributed by atoms with E-state index in [9.17, 15) is 5.11 Å². The van der Waals surface area contributed by atoms with Crippen LogP contribution in [0.2, 0.25) is 0 Å². The second-order valence-corrected chi connectivity index (χ2v) is 8.19. The zero-order chi connectivity index (χ0) is 17.1. The lowest BCUT2D eigenvalue weighted by Gasteiger charge is -2.41. The summed E-state index contributed by atoms with van der Waals surface area (Å²) < 4.78 is 30.5. The van der Waals surface area contributed by atoms with E-state index < -0.39 is 17.9 Å². The average molecular weight is 343 g/mol. The standard InChI is InChI=1S/C17H29NO6/c1-16(2)21-12-11(10(7-8-19)18-9-5-6-9)20-15-14(13(12)22-16)23-17(3,4)24-15/h9-15,18-19H,5-8H2,1-4H3/t10-,11+,12-,13-,14+,15-/m0/s1. The molecule has 2 N–H and O–H groups in total. The number of aliphatic hydroxyl groups excluding tert-OH is 1. The molecule has 3 aliphatic heterocycles. The Morgan fingerprint density at radius 3 is 2.25 bits per heavy atom. The van der Waals surface area contributed by atoms with Gasteiger partial charge in [-0.2, -0.15) is 0 Å². The zero-order valence-electron chi connectivity index (χ0n) is 14.9. The molecule has 6 atom stereocenters. The Bertz CT molecular complexity index is 480. The van der Waals surface area contributed by atoms with Gasteiger partial charge in [0.05, 0.1) is 0 Å². The molecular formula is C17H29NO6. The molecule has 1 aliphatic carbocycles. The van der Waals surface area contributed by atoms with Gasteiger partial charge in [-0.05, 0) is 47.0 Å². The molecule has 4 rings (SSSR count). The minimum atomic E-state index is -0.707. The lowest BCUT2D eigenvalue weighted by atomic mass is 9.92. The van der Waals surface area contributed by atoms with Crippen LogP contribution < -0.4 is 5.32 Å². The Balaban J connectivity index is 1.59. The van der Waals surface area contributed by atoms with Crippen LogP contribution in [-0.4, -0.2) is 66.1 Å². The maximum atomic E-state index is 9.49. The smallest absolute Gasteiger partial charge is 0.190 e. The molecule has 0 unspecified atom stereocenters. The molecule has 4 aliphatic rings. The molecule has 138 valence electrons. The van der Waals surface area contributed by atoms with Gasteiger partial charge >= 0.3 is 0 Å². The Kier molecular flexibility index (Phi) is 4.20. The van der Waals surface area contributed by atoms with Crippen molar-refractivity contribution in [1.29, 1.82) is 0 Å². The predicted molar refractivity (Wildman–Crippen MR) is 84.2 cm³/mol. The molecule has 3 heterocycles. The molecule has 0 aromatic rings. The maximum absolute atomic E-state index is 9.49. The summed E-state index contributed by atoms with van der Waals surface area (Å²) in [6, 6.07) is 0.509. The third-order valence-electron chi connectivity index (χ3n) is 5.05. The van der Waals surface area contributed by atoms with Crippen LogP contribution in [0, 0.1) is 0 Å². The monoisotopic (exact) mass is 343 g/mol. The molecule has 7 heteroatoms. The van der Waals surface area contributed by atoms with E-state index in [4.69, 9.17) is 23.7 Å². The van der Waals surface area contributed by atoms with Crippen molar-refractivity contribution in [2.75, 3.05) is 6.61 Å². The Morgan fingerprint density at radius 1 is 0.958 bits per heavy atom. The maximum Gasteiger partial charge on any atom is 0.190 e. The van der Waals surface area contributed by atoms with Gasteiger partial charge in [-0.15, -0.1) is 0 Å². The Morgan fingerprint density at radius 2 is 1.58 bits per heavy atom. The highest BCUT2D eigenvalue weighted by molar-refractivity contribution is 5.04. The van der Waals surface area contributed by atoms with Crippen LogP contribution in [0.4, 0.5) is 0 Å². The van der Waals surface area contributed by atoms with Crippen LogP contribution >= 0.6 is 0 Å². The van der Waals surface area contributed by atoms with Crippen LogP contribution in [0.5, 0.6) is 0 Å². The fourth-order valence-electron chi connectivity index (χ4n) is 4.00. The van der Waals surface area contributed by atoms with Gasteiger partial charge in [0.2, 0.25) is 0 Å². The fraction of sp³-hybridized carbons (Fsp3) is 1.00. The zero-order valence-corrected chi connectivity index (χ0v) is 14.9. The molecular weight excluding hydrogens is 314 g/mol. The Labute approximate surface area is 142 Å². The minimum Gasteiger partial charge on any atom is -0.396 e. The van der Waals surface area contributed by atoms with Gasteiger partial charge in [0, 0.05) is 18.7 Å². The van der Waals surface area contributed by atoms with Crippen molar-refractivity contribution in [2.24, 2.45) is 0 Å². The summed E-state index contributed by atoms with van der Waals surface area (Å²) in [6.45, 7) is 7.69. The van der Waals surface area contributed by atoms with Gasteiger partial charge in [0.1, 0.15) is 24.4 Å². The third-order valence-corrected chi connectivity index (χ3v) is 5.05. The predicted octanol–water partition coefficient (Wildman–Crippen LogP) is 0.886. The number of hydrogen-bond acceptors (Lipinski definition) is 7. The van der Waals surface area contributed by atoms with E-state index in [1.165, 1.54) is 12.8 Å². The van der Waals surface area contributed by atoms with E-state index in [2.05, 4.69) is 5.32 Å². The molecule has 0 radical (unpaired) electrons. The van der Waals surface area contributed by atoms with Gasteiger partial charge in [-0.25, -0.2) is 0 Å². The molecule has 0 aromatic heterocycles. The second kappa shape index (κ2) is 5.87. The summed E-state index contributed by atoms with van der Waals surface area (Å²) >= 11 is 0. The normalized spacial score (nSPS) is 44.1. The first kappa shape index (κ1) is 17.1. The molecule has 4 fully saturated rings. The topological polar surface area (TPSA) is 78.4 Å². The largest absolute Gasteiger partial charge is 0.396 e. The first-order valence-corrected chi connectivity index (χ1v) is 9.02. The van der Waals surface area contributed by atoms with Crippen molar-refractivity contribution in [2.45, 2.75) is 101 Å².